The monoisotopic (exact) mass is 340 g/mol. The Bertz CT molecular complexity index is 823. The van der Waals surface area contributed by atoms with Gasteiger partial charge in [-0.1, -0.05) is 12.1 Å². The zero-order valence-electron chi connectivity index (χ0n) is 13.1. The molecular formula is C19H16O6. The first-order chi connectivity index (χ1) is 11.9. The van der Waals surface area contributed by atoms with Crippen LogP contribution in [0.4, 0.5) is 0 Å². The molecule has 0 aliphatic carbocycles. The molecule has 0 saturated carbocycles. The smallest absolute Gasteiger partial charge is 0.189 e. The topological polar surface area (TPSA) is 107 Å². The van der Waals surface area contributed by atoms with Crippen molar-refractivity contribution in [3.8, 4) is 23.0 Å². The number of rotatable bonds is 2. The predicted molar refractivity (Wildman–Crippen MR) is 91.3 cm³/mol. The minimum Gasteiger partial charge on any atom is -0.504 e. The highest BCUT2D eigenvalue weighted by atomic mass is 16.5. The zero-order valence-corrected chi connectivity index (χ0v) is 13.1. The van der Waals surface area contributed by atoms with Crippen molar-refractivity contribution in [2.24, 2.45) is 0 Å². The van der Waals surface area contributed by atoms with Crippen LogP contribution in [-0.4, -0.2) is 39.4 Å². The Morgan fingerprint density at radius 1 is 0.720 bits per heavy atom. The van der Waals surface area contributed by atoms with Crippen molar-refractivity contribution >= 4 is 17.9 Å². The lowest BCUT2D eigenvalue weighted by Gasteiger charge is -2.17. The second-order valence-corrected chi connectivity index (χ2v) is 5.66. The van der Waals surface area contributed by atoms with E-state index in [0.29, 0.717) is 22.3 Å². The highest BCUT2D eigenvalue weighted by Crippen LogP contribution is 2.29. The molecule has 25 heavy (non-hydrogen) atoms. The van der Waals surface area contributed by atoms with Crippen LogP contribution in [0.25, 0.3) is 12.2 Å². The molecular weight excluding hydrogens is 324 g/mol. The summed E-state index contributed by atoms with van der Waals surface area (Å²) in [5, 5.41) is 37.8. The first-order valence-electron chi connectivity index (χ1n) is 7.51. The zero-order chi connectivity index (χ0) is 18.0. The van der Waals surface area contributed by atoms with Crippen molar-refractivity contribution in [1.82, 2.24) is 0 Å². The second-order valence-electron chi connectivity index (χ2n) is 5.66. The van der Waals surface area contributed by atoms with Gasteiger partial charge in [0.15, 0.2) is 28.8 Å². The van der Waals surface area contributed by atoms with Crippen LogP contribution in [0.1, 0.15) is 11.1 Å². The van der Waals surface area contributed by atoms with Crippen molar-refractivity contribution in [3.63, 3.8) is 0 Å². The fourth-order valence-corrected chi connectivity index (χ4v) is 2.49. The molecule has 0 atom stereocenters. The summed E-state index contributed by atoms with van der Waals surface area (Å²) in [6, 6.07) is 8.53. The molecule has 2 aromatic carbocycles. The van der Waals surface area contributed by atoms with Crippen LogP contribution in [0.3, 0.4) is 0 Å². The average molecular weight is 340 g/mol. The number of hydrogen-bond donors (Lipinski definition) is 4. The molecule has 0 spiro atoms. The van der Waals surface area contributed by atoms with E-state index in [2.05, 4.69) is 0 Å². The highest BCUT2D eigenvalue weighted by Gasteiger charge is 2.21. The van der Waals surface area contributed by atoms with Crippen LogP contribution in [-0.2, 0) is 9.53 Å². The lowest BCUT2D eigenvalue weighted by Crippen LogP contribution is -2.21. The summed E-state index contributed by atoms with van der Waals surface area (Å²) in [6.07, 6.45) is 3.17. The van der Waals surface area contributed by atoms with E-state index in [1.54, 1.807) is 24.3 Å². The predicted octanol–water partition coefficient (Wildman–Crippen LogP) is 2.58. The first kappa shape index (κ1) is 16.6. The van der Waals surface area contributed by atoms with Gasteiger partial charge in [0, 0.05) is 11.1 Å². The number of hydrogen-bond acceptors (Lipinski definition) is 6. The quantitative estimate of drug-likeness (QED) is 0.494. The van der Waals surface area contributed by atoms with Crippen molar-refractivity contribution in [3.05, 3.63) is 58.7 Å². The van der Waals surface area contributed by atoms with Gasteiger partial charge in [0.1, 0.15) is 0 Å². The average Bonchev–Trinajstić information content (AvgIpc) is 2.58. The molecule has 6 nitrogen and oxygen atoms in total. The Morgan fingerprint density at radius 3 is 1.56 bits per heavy atom. The van der Waals surface area contributed by atoms with Crippen LogP contribution >= 0.6 is 0 Å². The summed E-state index contributed by atoms with van der Waals surface area (Å²) in [5.41, 5.74) is 1.94. The van der Waals surface area contributed by atoms with Gasteiger partial charge < -0.3 is 25.2 Å². The van der Waals surface area contributed by atoms with Gasteiger partial charge in [0.25, 0.3) is 0 Å². The molecule has 1 aliphatic rings. The summed E-state index contributed by atoms with van der Waals surface area (Å²) < 4.78 is 5.44. The van der Waals surface area contributed by atoms with Crippen LogP contribution in [0, 0.1) is 0 Å². The van der Waals surface area contributed by atoms with Crippen LogP contribution in [0.15, 0.2) is 47.5 Å². The van der Waals surface area contributed by atoms with E-state index >= 15 is 0 Å². The Morgan fingerprint density at radius 2 is 1.16 bits per heavy atom. The molecule has 2 aromatic rings. The van der Waals surface area contributed by atoms with E-state index in [0.717, 1.165) is 0 Å². The maximum absolute atomic E-state index is 12.6. The van der Waals surface area contributed by atoms with E-state index in [4.69, 9.17) is 4.74 Å². The lowest BCUT2D eigenvalue weighted by molar-refractivity contribution is -0.114. The Kier molecular flexibility index (Phi) is 4.45. The Balaban J connectivity index is 1.89. The van der Waals surface area contributed by atoms with E-state index in [-0.39, 0.29) is 42.0 Å². The number of ketones is 1. The molecule has 3 rings (SSSR count). The molecule has 4 N–H and O–H groups in total. The van der Waals surface area contributed by atoms with Crippen LogP contribution in [0.5, 0.6) is 23.0 Å². The molecule has 1 saturated heterocycles. The normalized spacial score (nSPS) is 18.0. The van der Waals surface area contributed by atoms with Crippen molar-refractivity contribution in [2.45, 2.75) is 0 Å². The SMILES string of the molecule is O=C1/C(=C\c2ccc(O)c(O)c2)COC/C1=C\c1ccc(O)c(O)c1. The number of phenolic OH excluding ortho intramolecular Hbond substituents is 4. The van der Waals surface area contributed by atoms with Gasteiger partial charge in [-0.3, -0.25) is 4.79 Å². The maximum atomic E-state index is 12.6. The van der Waals surface area contributed by atoms with Gasteiger partial charge >= 0.3 is 0 Å². The van der Waals surface area contributed by atoms with Gasteiger partial charge in [-0.2, -0.15) is 0 Å². The van der Waals surface area contributed by atoms with E-state index in [1.807, 2.05) is 0 Å². The van der Waals surface area contributed by atoms with Crippen LogP contribution in [0.2, 0.25) is 0 Å². The molecule has 1 fully saturated rings. The molecule has 0 aromatic heterocycles. The molecule has 1 aliphatic heterocycles. The molecule has 6 heteroatoms. The Labute approximate surface area is 143 Å². The van der Waals surface area contributed by atoms with Gasteiger partial charge in [-0.15, -0.1) is 0 Å². The van der Waals surface area contributed by atoms with Crippen molar-refractivity contribution in [2.75, 3.05) is 13.2 Å². The summed E-state index contributed by atoms with van der Waals surface area (Å²) in [5.74, 6) is -1.21. The molecule has 0 unspecified atom stereocenters. The van der Waals surface area contributed by atoms with Gasteiger partial charge in [0.2, 0.25) is 0 Å². The largest absolute Gasteiger partial charge is 0.504 e. The van der Waals surface area contributed by atoms with Crippen LogP contribution < -0.4 is 0 Å². The third kappa shape index (κ3) is 3.64. The highest BCUT2D eigenvalue weighted by molar-refractivity contribution is 6.14. The second kappa shape index (κ2) is 6.70. The maximum Gasteiger partial charge on any atom is 0.189 e. The Hall–Kier alpha value is -3.25. The van der Waals surface area contributed by atoms with Gasteiger partial charge in [-0.05, 0) is 47.5 Å². The molecule has 0 bridgehead atoms. The van der Waals surface area contributed by atoms with E-state index < -0.39 is 0 Å². The van der Waals surface area contributed by atoms with Gasteiger partial charge in [-0.25, -0.2) is 0 Å². The standard InChI is InChI=1S/C19H16O6/c20-15-3-1-11(7-17(15)22)5-13-9-25-10-14(19(13)24)6-12-2-4-16(21)18(23)8-12/h1-8,20-23H,9-10H2/b13-5-,14-6+. The molecule has 0 amide bonds. The third-order valence-corrected chi connectivity index (χ3v) is 3.78. The fourth-order valence-electron chi connectivity index (χ4n) is 2.49. The summed E-state index contributed by atoms with van der Waals surface area (Å²) in [7, 11) is 0. The minimum absolute atomic E-state index is 0.138. The molecule has 128 valence electrons. The van der Waals surface area contributed by atoms with E-state index in [1.165, 1.54) is 24.3 Å². The van der Waals surface area contributed by atoms with Gasteiger partial charge in [0.05, 0.1) is 13.2 Å². The summed E-state index contributed by atoms with van der Waals surface area (Å²) in [4.78, 5) is 12.6. The minimum atomic E-state index is -0.270. The number of aromatic hydroxyl groups is 4. The fraction of sp³-hybridized carbons (Fsp3) is 0.105. The lowest BCUT2D eigenvalue weighted by atomic mass is 9.97. The van der Waals surface area contributed by atoms with Crippen molar-refractivity contribution in [1.29, 1.82) is 0 Å². The number of carbonyl (C=O) groups is 1. The molecule has 0 radical (unpaired) electrons. The number of ether oxygens (including phenoxy) is 1. The number of phenols is 4. The number of Topliss-reactive ketones (excluding diaryl/α,β-unsaturated/α-hetero) is 1. The van der Waals surface area contributed by atoms with E-state index in [9.17, 15) is 25.2 Å². The first-order valence-corrected chi connectivity index (χ1v) is 7.51. The number of benzene rings is 2. The molecule has 1 heterocycles. The third-order valence-electron chi connectivity index (χ3n) is 3.78. The van der Waals surface area contributed by atoms with Crippen molar-refractivity contribution < 1.29 is 30.0 Å². The summed E-state index contributed by atoms with van der Waals surface area (Å²) in [6.45, 7) is 0.275. The summed E-state index contributed by atoms with van der Waals surface area (Å²) >= 11 is 0. The number of carbonyl (C=O) groups excluding carboxylic acids is 1.